The third-order valence-corrected chi connectivity index (χ3v) is 5.14. The second kappa shape index (κ2) is 9.11. The van der Waals surface area contributed by atoms with Crippen LogP contribution in [0.25, 0.3) is 0 Å². The van der Waals surface area contributed by atoms with E-state index < -0.39 is 0 Å². The molecule has 118 valence electrons. The summed E-state index contributed by atoms with van der Waals surface area (Å²) >= 11 is 13.5. The lowest BCUT2D eigenvalue weighted by atomic mass is 10.1. The number of hydrogen-bond acceptors (Lipinski definition) is 3. The smallest absolute Gasteiger partial charge is 0.232 e. The van der Waals surface area contributed by atoms with Crippen molar-refractivity contribution in [1.82, 2.24) is 10.2 Å². The van der Waals surface area contributed by atoms with E-state index in [9.17, 15) is 4.79 Å². The van der Waals surface area contributed by atoms with Crippen molar-refractivity contribution in [2.24, 2.45) is 0 Å². The zero-order chi connectivity index (χ0) is 14.5. The molecular weight excluding hydrogens is 351 g/mol. The molecule has 1 atom stereocenters. The first-order chi connectivity index (χ1) is 9.60. The van der Waals surface area contributed by atoms with Gasteiger partial charge in [-0.2, -0.15) is 0 Å². The number of nitrogens with one attached hydrogen (secondary N) is 1. The van der Waals surface area contributed by atoms with Crippen molar-refractivity contribution in [1.29, 1.82) is 0 Å². The summed E-state index contributed by atoms with van der Waals surface area (Å²) < 4.78 is 0. The molecule has 1 unspecified atom stereocenters. The van der Waals surface area contributed by atoms with Crippen LogP contribution in [0.5, 0.6) is 0 Å². The Morgan fingerprint density at radius 1 is 1.48 bits per heavy atom. The SMILES string of the molecule is CNC1CCCN(C(=O)CSc2cc(Cl)ccc2Cl)C1.Cl. The van der Waals surface area contributed by atoms with Gasteiger partial charge in [-0.3, -0.25) is 4.79 Å². The first-order valence-electron chi connectivity index (χ1n) is 6.63. The van der Waals surface area contributed by atoms with Crippen LogP contribution in [0.2, 0.25) is 10.0 Å². The van der Waals surface area contributed by atoms with Crippen LogP contribution < -0.4 is 5.32 Å². The number of hydrogen-bond donors (Lipinski definition) is 1. The number of carbonyl (C=O) groups is 1. The van der Waals surface area contributed by atoms with Crippen molar-refractivity contribution in [3.05, 3.63) is 28.2 Å². The summed E-state index contributed by atoms with van der Waals surface area (Å²) in [5.41, 5.74) is 0. The third kappa shape index (κ3) is 5.53. The van der Waals surface area contributed by atoms with E-state index in [0.717, 1.165) is 30.8 Å². The third-order valence-electron chi connectivity index (χ3n) is 3.43. The molecular formula is C14H19Cl3N2OS. The summed E-state index contributed by atoms with van der Waals surface area (Å²) in [4.78, 5) is 15.0. The number of piperidine rings is 1. The van der Waals surface area contributed by atoms with Gasteiger partial charge in [-0.25, -0.2) is 0 Å². The molecule has 2 rings (SSSR count). The Labute approximate surface area is 146 Å². The normalized spacial score (nSPS) is 18.2. The van der Waals surface area contributed by atoms with Gasteiger partial charge in [0.1, 0.15) is 0 Å². The highest BCUT2D eigenvalue weighted by Gasteiger charge is 2.22. The topological polar surface area (TPSA) is 32.3 Å². The zero-order valence-electron chi connectivity index (χ0n) is 11.8. The number of likely N-dealkylation sites (N-methyl/N-ethyl adjacent to an activating group) is 1. The van der Waals surface area contributed by atoms with E-state index in [0.29, 0.717) is 21.8 Å². The molecule has 0 bridgehead atoms. The maximum absolute atomic E-state index is 12.2. The number of nitrogens with zero attached hydrogens (tertiary/aromatic N) is 1. The van der Waals surface area contributed by atoms with Crippen molar-refractivity contribution in [3.8, 4) is 0 Å². The summed E-state index contributed by atoms with van der Waals surface area (Å²) in [5.74, 6) is 0.558. The predicted molar refractivity (Wildman–Crippen MR) is 93.1 cm³/mol. The maximum atomic E-state index is 12.2. The monoisotopic (exact) mass is 368 g/mol. The maximum Gasteiger partial charge on any atom is 0.232 e. The molecule has 1 fully saturated rings. The lowest BCUT2D eigenvalue weighted by Crippen LogP contribution is -2.47. The fraction of sp³-hybridized carbons (Fsp3) is 0.500. The number of carbonyl (C=O) groups excluding carboxylic acids is 1. The Balaban J connectivity index is 0.00000220. The average Bonchev–Trinajstić information content (AvgIpc) is 2.48. The predicted octanol–water partition coefficient (Wildman–Crippen LogP) is 3.72. The van der Waals surface area contributed by atoms with E-state index in [4.69, 9.17) is 23.2 Å². The van der Waals surface area contributed by atoms with E-state index in [2.05, 4.69) is 5.32 Å². The van der Waals surface area contributed by atoms with Crippen molar-refractivity contribution >= 4 is 53.3 Å². The van der Waals surface area contributed by atoms with E-state index in [1.165, 1.54) is 11.8 Å². The second-order valence-corrected chi connectivity index (χ2v) is 6.69. The first-order valence-corrected chi connectivity index (χ1v) is 8.37. The van der Waals surface area contributed by atoms with Crippen molar-refractivity contribution in [2.75, 3.05) is 25.9 Å². The number of halogens is 3. The van der Waals surface area contributed by atoms with Gasteiger partial charge in [0.2, 0.25) is 5.91 Å². The summed E-state index contributed by atoms with van der Waals surface area (Å²) in [7, 11) is 1.94. The van der Waals surface area contributed by atoms with Crippen LogP contribution in [-0.2, 0) is 4.79 Å². The lowest BCUT2D eigenvalue weighted by molar-refractivity contribution is -0.129. The van der Waals surface area contributed by atoms with Crippen LogP contribution in [0, 0.1) is 0 Å². The van der Waals surface area contributed by atoms with E-state index >= 15 is 0 Å². The standard InChI is InChI=1S/C14H18Cl2N2OS.ClH/c1-17-11-3-2-6-18(8-11)14(19)9-20-13-7-10(15)4-5-12(13)16;/h4-5,7,11,17H,2-3,6,8-9H2,1H3;1H. The molecule has 1 aromatic rings. The molecule has 1 aliphatic rings. The van der Waals surface area contributed by atoms with Crippen molar-refractivity contribution in [3.63, 3.8) is 0 Å². The summed E-state index contributed by atoms with van der Waals surface area (Å²) in [5, 5.41) is 4.51. The van der Waals surface area contributed by atoms with Gasteiger partial charge in [0.05, 0.1) is 10.8 Å². The van der Waals surface area contributed by atoms with E-state index in [-0.39, 0.29) is 18.3 Å². The fourth-order valence-corrected chi connectivity index (χ4v) is 3.65. The summed E-state index contributed by atoms with van der Waals surface area (Å²) in [6.45, 7) is 1.64. The molecule has 1 N–H and O–H groups in total. The minimum Gasteiger partial charge on any atom is -0.340 e. The van der Waals surface area contributed by atoms with Gasteiger partial charge < -0.3 is 10.2 Å². The largest absolute Gasteiger partial charge is 0.340 e. The molecule has 0 spiro atoms. The van der Waals surface area contributed by atoms with Gasteiger partial charge in [-0.1, -0.05) is 23.2 Å². The molecule has 3 nitrogen and oxygen atoms in total. The van der Waals surface area contributed by atoms with Gasteiger partial charge in [-0.05, 0) is 38.1 Å². The van der Waals surface area contributed by atoms with Crippen LogP contribution in [0.1, 0.15) is 12.8 Å². The van der Waals surface area contributed by atoms with E-state index in [1.54, 1.807) is 18.2 Å². The molecule has 1 amide bonds. The van der Waals surface area contributed by atoms with Gasteiger partial charge in [0.25, 0.3) is 0 Å². The molecule has 1 aliphatic heterocycles. The first kappa shape index (κ1) is 18.9. The molecule has 7 heteroatoms. The zero-order valence-corrected chi connectivity index (χ0v) is 14.9. The van der Waals surface area contributed by atoms with E-state index in [1.807, 2.05) is 11.9 Å². The minimum atomic E-state index is 0. The summed E-state index contributed by atoms with van der Waals surface area (Å²) in [6, 6.07) is 5.72. The number of thioether (sulfide) groups is 1. The molecule has 0 radical (unpaired) electrons. The highest BCUT2D eigenvalue weighted by Crippen LogP contribution is 2.30. The Morgan fingerprint density at radius 3 is 2.95 bits per heavy atom. The number of likely N-dealkylation sites (tertiary alicyclic amines) is 1. The summed E-state index contributed by atoms with van der Waals surface area (Å²) in [6.07, 6.45) is 2.19. The van der Waals surface area contributed by atoms with Gasteiger partial charge in [-0.15, -0.1) is 24.2 Å². The Hall–Kier alpha value is -0.130. The highest BCUT2D eigenvalue weighted by atomic mass is 35.5. The van der Waals surface area contributed by atoms with Gasteiger partial charge in [0.15, 0.2) is 0 Å². The van der Waals surface area contributed by atoms with Crippen molar-refractivity contribution < 1.29 is 4.79 Å². The number of amides is 1. The van der Waals surface area contributed by atoms with Crippen LogP contribution in [0.3, 0.4) is 0 Å². The Bertz CT molecular complexity index is 487. The molecule has 1 aromatic carbocycles. The Kier molecular flexibility index (Phi) is 8.21. The number of benzene rings is 1. The van der Waals surface area contributed by atoms with Crippen molar-refractivity contribution in [2.45, 2.75) is 23.8 Å². The molecule has 21 heavy (non-hydrogen) atoms. The van der Waals surface area contributed by atoms with Crippen LogP contribution in [0.4, 0.5) is 0 Å². The molecule has 1 saturated heterocycles. The van der Waals surface area contributed by atoms with Crippen LogP contribution >= 0.6 is 47.4 Å². The van der Waals surface area contributed by atoms with Gasteiger partial charge in [0, 0.05) is 29.0 Å². The molecule has 1 heterocycles. The average molecular weight is 370 g/mol. The molecule has 0 saturated carbocycles. The highest BCUT2D eigenvalue weighted by molar-refractivity contribution is 8.00. The lowest BCUT2D eigenvalue weighted by Gasteiger charge is -2.32. The fourth-order valence-electron chi connectivity index (χ4n) is 2.26. The minimum absolute atomic E-state index is 0. The van der Waals surface area contributed by atoms with Crippen LogP contribution in [-0.4, -0.2) is 42.7 Å². The molecule has 0 aromatic heterocycles. The molecule has 0 aliphatic carbocycles. The Morgan fingerprint density at radius 2 is 2.24 bits per heavy atom. The van der Waals surface area contributed by atoms with Gasteiger partial charge >= 0.3 is 0 Å². The number of rotatable bonds is 4. The second-order valence-electron chi connectivity index (χ2n) is 4.83. The quantitative estimate of drug-likeness (QED) is 0.821. The van der Waals surface area contributed by atoms with Crippen LogP contribution in [0.15, 0.2) is 23.1 Å².